The van der Waals surface area contributed by atoms with Crippen molar-refractivity contribution in [3.05, 3.63) is 23.7 Å². The van der Waals surface area contributed by atoms with Gasteiger partial charge in [0.1, 0.15) is 11.4 Å². The number of piperidine rings is 1. The molecular weight excluding hydrogens is 494 g/mol. The highest BCUT2D eigenvalue weighted by Gasteiger charge is 2.39. The molecule has 3 aliphatic rings. The van der Waals surface area contributed by atoms with E-state index in [1.54, 1.807) is 4.90 Å². The molecule has 5 heterocycles. The first-order valence-corrected chi connectivity index (χ1v) is 13.5. The van der Waals surface area contributed by atoms with Crippen LogP contribution in [-0.2, 0) is 4.74 Å². The van der Waals surface area contributed by atoms with E-state index in [0.717, 1.165) is 36.8 Å². The maximum atomic E-state index is 13.7. The molecule has 3 saturated heterocycles. The first-order chi connectivity index (χ1) is 18.1. The van der Waals surface area contributed by atoms with Gasteiger partial charge in [-0.25, -0.2) is 18.6 Å². The van der Waals surface area contributed by atoms with Crippen LogP contribution in [0, 0.1) is 6.92 Å². The molecule has 2 atom stereocenters. The maximum Gasteiger partial charge on any atom is 0.410 e. The molecule has 12 heteroatoms. The van der Waals surface area contributed by atoms with Gasteiger partial charge in [-0.2, -0.15) is 10.1 Å². The number of hydrogen-bond acceptors (Lipinski definition) is 8. The zero-order valence-electron chi connectivity index (χ0n) is 22.6. The Bertz CT molecular complexity index is 1140. The summed E-state index contributed by atoms with van der Waals surface area (Å²) in [5, 5.41) is 10.9. The number of alkyl halides is 2. The summed E-state index contributed by atoms with van der Waals surface area (Å²) in [7, 11) is 2.22. The number of fused-ring (bicyclic) bond motifs is 2. The third kappa shape index (κ3) is 5.69. The monoisotopic (exact) mass is 532 g/mol. The van der Waals surface area contributed by atoms with Crippen molar-refractivity contribution < 1.29 is 18.3 Å². The zero-order chi connectivity index (χ0) is 27.0. The molecule has 208 valence electrons. The molecule has 10 nitrogen and oxygen atoms in total. The second-order valence-corrected chi connectivity index (χ2v) is 11.4. The molecule has 0 spiro atoms. The number of nitrogens with one attached hydrogen (secondary N) is 2. The van der Waals surface area contributed by atoms with Crippen molar-refractivity contribution in [2.75, 3.05) is 37.3 Å². The number of cyclic esters (lactones) is 1. The zero-order valence-corrected chi connectivity index (χ0v) is 22.6. The largest absolute Gasteiger partial charge is 0.443 e. The van der Waals surface area contributed by atoms with Crippen LogP contribution in [0.3, 0.4) is 0 Å². The fourth-order valence-electron chi connectivity index (χ4n) is 5.79. The number of carbonyl (C=O) groups excluding carboxylic acids is 1. The minimum absolute atomic E-state index is 0.0804. The van der Waals surface area contributed by atoms with E-state index in [0.29, 0.717) is 44.2 Å². The van der Waals surface area contributed by atoms with Crippen LogP contribution in [-0.4, -0.2) is 80.0 Å². The van der Waals surface area contributed by atoms with Crippen LogP contribution < -0.4 is 10.6 Å². The lowest BCUT2D eigenvalue weighted by Gasteiger charge is -2.36. The second kappa shape index (κ2) is 10.6. The Morgan fingerprint density at radius 1 is 1.21 bits per heavy atom. The summed E-state index contributed by atoms with van der Waals surface area (Å²) >= 11 is 0. The van der Waals surface area contributed by atoms with Crippen LogP contribution in [0.1, 0.15) is 76.1 Å². The summed E-state index contributed by atoms with van der Waals surface area (Å²) in [6, 6.07) is 1.55. The molecule has 2 N–H and O–H groups in total. The van der Waals surface area contributed by atoms with Gasteiger partial charge < -0.3 is 25.2 Å². The van der Waals surface area contributed by atoms with E-state index >= 15 is 0 Å². The van der Waals surface area contributed by atoms with E-state index in [1.165, 1.54) is 12.8 Å². The van der Waals surface area contributed by atoms with Crippen molar-refractivity contribution in [1.29, 1.82) is 0 Å². The van der Waals surface area contributed by atoms with Gasteiger partial charge in [-0.3, -0.25) is 4.68 Å². The van der Waals surface area contributed by atoms with Gasteiger partial charge in [0.25, 0.3) is 6.43 Å². The quantitative estimate of drug-likeness (QED) is 0.441. The number of amides is 1. The number of ether oxygens (including phenoxy) is 1. The Balaban J connectivity index is 1.21. The van der Waals surface area contributed by atoms with E-state index in [4.69, 9.17) is 9.84 Å². The number of carbonyl (C=O) groups is 1. The number of hydrogen-bond donors (Lipinski definition) is 2. The third-order valence-electron chi connectivity index (χ3n) is 8.17. The number of aromatic nitrogens is 4. The van der Waals surface area contributed by atoms with Crippen LogP contribution in [0.4, 0.5) is 31.0 Å². The molecule has 2 bridgehead atoms. The SMILES string of the molecule is Cc1nn(C2CC3CCC(C2)N3C)cc1Nc1ncc(C(F)F)c(NCCCN2CCC(C)(C)OC2=O)n1. The van der Waals surface area contributed by atoms with E-state index in [-0.39, 0.29) is 23.4 Å². The van der Waals surface area contributed by atoms with Crippen molar-refractivity contribution in [3.8, 4) is 0 Å². The highest BCUT2D eigenvalue weighted by atomic mass is 19.3. The van der Waals surface area contributed by atoms with Gasteiger partial charge in [-0.05, 0) is 59.9 Å². The van der Waals surface area contributed by atoms with Crippen LogP contribution >= 0.6 is 0 Å². The summed E-state index contributed by atoms with van der Waals surface area (Å²) < 4.78 is 34.8. The standard InChI is InChI=1S/C26H38F2N8O2/c1-16-21(15-36(33-16)19-12-17-6-7-18(13-19)34(17)4)31-24-30-14-20(22(27)28)23(32-24)29-9-5-10-35-11-8-26(2,3)38-25(35)37/h14-15,17-19,22H,5-13H2,1-4H3,(H2,29,30,31,32). The normalized spacial score (nSPS) is 25.1. The highest BCUT2D eigenvalue weighted by molar-refractivity contribution is 5.69. The lowest BCUT2D eigenvalue weighted by molar-refractivity contribution is -0.0253. The first kappa shape index (κ1) is 26.6. The Morgan fingerprint density at radius 3 is 2.63 bits per heavy atom. The third-order valence-corrected chi connectivity index (χ3v) is 8.17. The molecule has 0 aromatic carbocycles. The maximum absolute atomic E-state index is 13.7. The summed E-state index contributed by atoms with van der Waals surface area (Å²) in [5.74, 6) is 0.307. The molecule has 38 heavy (non-hydrogen) atoms. The van der Waals surface area contributed by atoms with Gasteiger partial charge in [0.15, 0.2) is 0 Å². The molecule has 5 rings (SSSR count). The molecule has 3 aliphatic heterocycles. The summed E-state index contributed by atoms with van der Waals surface area (Å²) in [5.41, 5.74) is 0.857. The van der Waals surface area contributed by atoms with E-state index in [1.807, 2.05) is 31.6 Å². The van der Waals surface area contributed by atoms with Crippen LogP contribution in [0.5, 0.6) is 0 Å². The van der Waals surface area contributed by atoms with Crippen molar-refractivity contribution in [2.45, 2.75) is 89.4 Å². The van der Waals surface area contributed by atoms with Gasteiger partial charge in [0, 0.05) is 50.5 Å². The smallest absolute Gasteiger partial charge is 0.410 e. The lowest BCUT2D eigenvalue weighted by Crippen LogP contribution is -2.47. The van der Waals surface area contributed by atoms with Crippen molar-refractivity contribution in [3.63, 3.8) is 0 Å². The van der Waals surface area contributed by atoms with Gasteiger partial charge in [-0.1, -0.05) is 0 Å². The van der Waals surface area contributed by atoms with E-state index < -0.39 is 12.0 Å². The Kier molecular flexibility index (Phi) is 7.43. The number of rotatable bonds is 9. The lowest BCUT2D eigenvalue weighted by atomic mass is 9.98. The van der Waals surface area contributed by atoms with Gasteiger partial charge in [0.05, 0.1) is 23.0 Å². The second-order valence-electron chi connectivity index (χ2n) is 11.4. The van der Waals surface area contributed by atoms with Gasteiger partial charge in [-0.15, -0.1) is 0 Å². The first-order valence-electron chi connectivity index (χ1n) is 13.5. The molecule has 3 fully saturated rings. The molecule has 2 aromatic heterocycles. The molecule has 2 unspecified atom stereocenters. The van der Waals surface area contributed by atoms with Crippen molar-refractivity contribution in [2.24, 2.45) is 0 Å². The fraction of sp³-hybridized carbons (Fsp3) is 0.692. The topological polar surface area (TPSA) is 100 Å². The Hall–Kier alpha value is -3.02. The average Bonchev–Trinajstić information content (AvgIpc) is 3.29. The fourth-order valence-corrected chi connectivity index (χ4v) is 5.79. The number of anilines is 3. The summed E-state index contributed by atoms with van der Waals surface area (Å²) in [4.78, 5) is 24.8. The van der Waals surface area contributed by atoms with Crippen LogP contribution in [0.25, 0.3) is 0 Å². The van der Waals surface area contributed by atoms with Crippen LogP contribution in [0.15, 0.2) is 12.4 Å². The Labute approximate surface area is 222 Å². The predicted octanol–water partition coefficient (Wildman–Crippen LogP) is 4.88. The molecular formula is C26H38F2N8O2. The van der Waals surface area contributed by atoms with E-state index in [2.05, 4.69) is 32.5 Å². The molecule has 0 aliphatic carbocycles. The summed E-state index contributed by atoms with van der Waals surface area (Å²) in [6.45, 7) is 7.16. The van der Waals surface area contributed by atoms with Gasteiger partial charge in [0.2, 0.25) is 5.95 Å². The Morgan fingerprint density at radius 2 is 1.95 bits per heavy atom. The molecule has 0 radical (unpaired) electrons. The predicted molar refractivity (Wildman–Crippen MR) is 140 cm³/mol. The van der Waals surface area contributed by atoms with Crippen LogP contribution in [0.2, 0.25) is 0 Å². The van der Waals surface area contributed by atoms with Gasteiger partial charge >= 0.3 is 6.09 Å². The molecule has 1 amide bonds. The average molecular weight is 533 g/mol. The molecule has 0 saturated carbocycles. The summed E-state index contributed by atoms with van der Waals surface area (Å²) in [6.07, 6.45) is 6.02. The number of nitrogens with zero attached hydrogens (tertiary/aromatic N) is 6. The minimum atomic E-state index is -2.71. The van der Waals surface area contributed by atoms with Crippen molar-refractivity contribution >= 4 is 23.5 Å². The van der Waals surface area contributed by atoms with Crippen molar-refractivity contribution in [1.82, 2.24) is 29.5 Å². The van der Waals surface area contributed by atoms with E-state index in [9.17, 15) is 13.6 Å². The molecule has 2 aromatic rings. The minimum Gasteiger partial charge on any atom is -0.443 e. The highest BCUT2D eigenvalue weighted by Crippen LogP contribution is 2.40. The number of halogens is 2. The number of aryl methyl sites for hydroxylation is 1.